The molecule has 0 spiro atoms. The van der Waals surface area contributed by atoms with Crippen LogP contribution in [0.5, 0.6) is 0 Å². The van der Waals surface area contributed by atoms with Gasteiger partial charge >= 0.3 is 6.18 Å². The van der Waals surface area contributed by atoms with Crippen LogP contribution in [0.1, 0.15) is 58.7 Å². The Morgan fingerprint density at radius 3 is 2.52 bits per heavy atom. The lowest BCUT2D eigenvalue weighted by Gasteiger charge is -2.23. The number of halogens is 8. The normalized spacial score (nSPS) is 24.0. The number of aromatic nitrogens is 5. The number of hydrogen-bond donors (Lipinski definition) is 3. The van der Waals surface area contributed by atoms with Gasteiger partial charge in [-0.1, -0.05) is 23.6 Å². The summed E-state index contributed by atoms with van der Waals surface area (Å²) in [4.78, 5) is 18.8. The Labute approximate surface area is 352 Å². The predicted molar refractivity (Wildman–Crippen MR) is 206 cm³/mol. The number of aryl methyl sites for hydroxylation is 1. The van der Waals surface area contributed by atoms with Gasteiger partial charge in [0.15, 0.2) is 23.4 Å². The summed E-state index contributed by atoms with van der Waals surface area (Å²) in [5.74, 6) is -4.17. The fourth-order valence-corrected chi connectivity index (χ4v) is 9.57. The highest BCUT2D eigenvalue weighted by atomic mass is 35.5. The molecule has 1 saturated carbocycles. The molecule has 0 radical (unpaired) electrons. The topological polar surface area (TPSA) is 162 Å². The van der Waals surface area contributed by atoms with Crippen LogP contribution >= 0.6 is 11.6 Å². The molecule has 62 heavy (non-hydrogen) atoms. The molecule has 5 aromatic rings. The maximum Gasteiger partial charge on any atom is 0.435 e. The van der Waals surface area contributed by atoms with Gasteiger partial charge < -0.3 is 19.9 Å². The van der Waals surface area contributed by atoms with Crippen LogP contribution in [0.3, 0.4) is 0 Å². The number of nitrogens with zero attached hydrogens (tertiary/aromatic N) is 5. The van der Waals surface area contributed by atoms with Crippen molar-refractivity contribution >= 4 is 44.3 Å². The quantitative estimate of drug-likeness (QED) is 0.120. The van der Waals surface area contributed by atoms with Crippen molar-refractivity contribution in [1.29, 1.82) is 0 Å². The van der Waals surface area contributed by atoms with E-state index in [1.54, 1.807) is 6.07 Å². The number of rotatable bonds is 9. The smallest absolute Gasteiger partial charge is 0.375 e. The van der Waals surface area contributed by atoms with Crippen molar-refractivity contribution in [1.82, 2.24) is 29.9 Å². The van der Waals surface area contributed by atoms with Crippen LogP contribution in [0.2, 0.25) is 5.02 Å². The first kappa shape index (κ1) is 42.1. The van der Waals surface area contributed by atoms with Crippen LogP contribution in [0.25, 0.3) is 22.0 Å². The van der Waals surface area contributed by atoms with Gasteiger partial charge in [0.25, 0.3) is 5.92 Å². The highest BCUT2D eigenvalue weighted by Crippen LogP contribution is 2.68. The summed E-state index contributed by atoms with van der Waals surface area (Å²) in [5, 5.41) is 22.1. The molecule has 326 valence electrons. The first-order chi connectivity index (χ1) is 29.1. The van der Waals surface area contributed by atoms with Gasteiger partial charge in [0.2, 0.25) is 15.9 Å². The van der Waals surface area contributed by atoms with Crippen molar-refractivity contribution in [2.75, 3.05) is 24.2 Å². The molecular formula is C40H33ClF7N7O6S. The van der Waals surface area contributed by atoms with E-state index in [0.717, 1.165) is 18.4 Å². The molecule has 2 aliphatic carbocycles. The zero-order valence-corrected chi connectivity index (χ0v) is 33.9. The van der Waals surface area contributed by atoms with Crippen molar-refractivity contribution < 1.29 is 58.5 Å². The van der Waals surface area contributed by atoms with E-state index >= 15 is 8.78 Å². The lowest BCUT2D eigenvalue weighted by Crippen LogP contribution is -2.36. The summed E-state index contributed by atoms with van der Waals surface area (Å²) in [7, 11) is -2.38. The van der Waals surface area contributed by atoms with Crippen LogP contribution in [0, 0.1) is 35.3 Å². The van der Waals surface area contributed by atoms with Gasteiger partial charge in [-0.2, -0.15) is 32.1 Å². The second kappa shape index (κ2) is 14.7. The van der Waals surface area contributed by atoms with Gasteiger partial charge in [-0.05, 0) is 67.0 Å². The number of benzene rings is 2. The predicted octanol–water partition coefficient (Wildman–Crippen LogP) is 5.94. The largest absolute Gasteiger partial charge is 0.435 e. The Morgan fingerprint density at radius 1 is 1.08 bits per heavy atom. The molecular weight excluding hydrogens is 875 g/mol. The van der Waals surface area contributed by atoms with Crippen molar-refractivity contribution in [3.8, 4) is 23.0 Å². The van der Waals surface area contributed by atoms with Crippen molar-refractivity contribution in [3.05, 3.63) is 93.0 Å². The molecule has 2 saturated heterocycles. The number of carbonyl (C=O) groups is 1. The number of fused-ring (bicyclic) bond motifs is 5. The molecule has 9 rings (SSSR count). The summed E-state index contributed by atoms with van der Waals surface area (Å²) < 4.78 is 142. The highest BCUT2D eigenvalue weighted by Gasteiger charge is 2.68. The first-order valence-electron chi connectivity index (χ1n) is 19.0. The average molecular weight is 908 g/mol. The molecule has 1 unspecified atom stereocenters. The molecule has 3 aromatic heterocycles. The van der Waals surface area contributed by atoms with Crippen LogP contribution in [-0.2, 0) is 56.4 Å². The first-order valence-corrected chi connectivity index (χ1v) is 21.3. The summed E-state index contributed by atoms with van der Waals surface area (Å²) >= 11 is 6.61. The van der Waals surface area contributed by atoms with E-state index in [1.807, 2.05) is 0 Å². The summed E-state index contributed by atoms with van der Waals surface area (Å²) in [5.41, 5.74) is -4.13. The molecule has 0 bridgehead atoms. The van der Waals surface area contributed by atoms with E-state index in [0.29, 0.717) is 29.3 Å². The fourth-order valence-electron chi connectivity index (χ4n) is 8.84. The Balaban J connectivity index is 1.19. The number of hydrogen-bond acceptors (Lipinski definition) is 9. The molecule has 3 N–H and O–H groups in total. The van der Waals surface area contributed by atoms with Crippen molar-refractivity contribution in [2.45, 2.75) is 61.8 Å². The standard InChI is InChI=1S/C40H33ClF7N7O6S/c1-54-33-23(5-6-27(41)31(33)36(52-54)53-62(2,58)59)22-4-3-21(7-9-38(57)17-61-37-25(38)8-10-60-37)49-32(22)28(13-18-11-19(42)14-20(43)12-18)50-29(56)16-55-35-30(34(51-55)40(46,47)48)24-15-26(24)39(35,44)45/h3-6,11-12,14,24-26,28,37,57H,8,10,13,15-17H2,1-2H3,(H,50,56)(H,52,53)/t24-,25+,26+,28-,37+,38?/m0/s1. The highest BCUT2D eigenvalue weighted by molar-refractivity contribution is 7.92. The summed E-state index contributed by atoms with van der Waals surface area (Å²) in [6.07, 6.45) is -5.00. The van der Waals surface area contributed by atoms with Crippen LogP contribution in [0.15, 0.2) is 42.5 Å². The zero-order chi connectivity index (χ0) is 44.3. The number of alkyl halides is 5. The van der Waals surface area contributed by atoms with Crippen molar-refractivity contribution in [3.63, 3.8) is 0 Å². The third-order valence-corrected chi connectivity index (χ3v) is 12.4. The van der Waals surface area contributed by atoms with Crippen molar-refractivity contribution in [2.24, 2.45) is 18.9 Å². The van der Waals surface area contributed by atoms with E-state index in [-0.39, 0.29) is 57.3 Å². The van der Waals surface area contributed by atoms with Gasteiger partial charge in [0.1, 0.15) is 29.6 Å². The Bertz CT molecular complexity index is 2860. The molecule has 3 fully saturated rings. The molecule has 4 aliphatic rings. The Morgan fingerprint density at radius 2 is 1.81 bits per heavy atom. The third-order valence-electron chi connectivity index (χ3n) is 11.5. The minimum Gasteiger partial charge on any atom is -0.375 e. The molecule has 5 heterocycles. The van der Waals surface area contributed by atoms with Crippen LogP contribution in [0.4, 0.5) is 36.6 Å². The molecule has 6 atom stereocenters. The Hall–Kier alpha value is -5.27. The fraction of sp³-hybridized carbons (Fsp3) is 0.400. The monoisotopic (exact) mass is 907 g/mol. The molecule has 2 aliphatic heterocycles. The number of ether oxygens (including phenoxy) is 2. The molecule has 1 amide bonds. The third kappa shape index (κ3) is 7.44. The van der Waals surface area contributed by atoms with E-state index in [9.17, 15) is 40.3 Å². The summed E-state index contributed by atoms with van der Waals surface area (Å²) in [6, 6.07) is 7.13. The van der Waals surface area contributed by atoms with Crippen LogP contribution in [-0.4, -0.2) is 75.3 Å². The molecule has 22 heteroatoms. The number of anilines is 1. The molecule has 13 nitrogen and oxygen atoms in total. The number of carbonyl (C=O) groups excluding carboxylic acids is 1. The Kier molecular flexibility index (Phi) is 9.94. The van der Waals surface area contributed by atoms with Gasteiger partial charge in [-0.3, -0.25) is 18.9 Å². The van der Waals surface area contributed by atoms with Gasteiger partial charge in [-0.15, -0.1) is 0 Å². The minimum absolute atomic E-state index is 0.0115. The second-order valence-electron chi connectivity index (χ2n) is 15.9. The van der Waals surface area contributed by atoms with E-state index in [4.69, 9.17) is 26.1 Å². The maximum atomic E-state index is 15.5. The number of sulfonamides is 1. The van der Waals surface area contributed by atoms with Gasteiger partial charge in [0.05, 0.1) is 53.0 Å². The second-order valence-corrected chi connectivity index (χ2v) is 18.0. The van der Waals surface area contributed by atoms with Crippen LogP contribution < -0.4 is 10.0 Å². The van der Waals surface area contributed by atoms with E-state index in [2.05, 4.69) is 32.1 Å². The lowest BCUT2D eigenvalue weighted by atomic mass is 9.89. The number of aliphatic hydroxyl groups is 1. The minimum atomic E-state index is -5.10. The molecule has 2 aromatic carbocycles. The lowest BCUT2D eigenvalue weighted by molar-refractivity contribution is -0.142. The number of amides is 1. The van der Waals surface area contributed by atoms with Gasteiger partial charge in [-0.25, -0.2) is 22.2 Å². The maximum absolute atomic E-state index is 15.5. The van der Waals surface area contributed by atoms with Gasteiger partial charge in [0, 0.05) is 35.7 Å². The summed E-state index contributed by atoms with van der Waals surface area (Å²) in [6.45, 7) is -0.951. The average Bonchev–Trinajstić information content (AvgIpc) is 3.44. The van der Waals surface area contributed by atoms with E-state index < -0.39 is 105 Å². The number of nitrogens with one attached hydrogen (secondary N) is 2. The number of pyridine rings is 1. The zero-order valence-electron chi connectivity index (χ0n) is 32.3. The van der Waals surface area contributed by atoms with E-state index in [1.165, 1.54) is 29.9 Å². The SMILES string of the molecule is Cn1nc(NS(C)(=O)=O)c2c(Cl)ccc(-c3ccc(C#CC4(O)CO[C@H]5OCC[C@H]54)nc3[C@H](Cc3cc(F)cc(F)c3)NC(=O)Cn3nc(C(F)(F)F)c4c3C(F)(F)[C@@H]3C[C@H]43)c21.